The fraction of sp³-hybridized carbons (Fsp3) is 0.538. The normalized spacial score (nSPS) is 10.4. The first-order valence-electron chi connectivity index (χ1n) is 5.32. The molecule has 0 aromatic heterocycles. The summed E-state index contributed by atoms with van der Waals surface area (Å²) in [6.07, 6.45) is 1.25. The predicted octanol–water partition coefficient (Wildman–Crippen LogP) is 3.56. The van der Waals surface area contributed by atoms with Crippen LogP contribution in [0.2, 0.25) is 0 Å². The Morgan fingerprint density at radius 3 is 1.86 bits per heavy atom. The van der Waals surface area contributed by atoms with Crippen molar-refractivity contribution in [3.63, 3.8) is 0 Å². The maximum atomic E-state index is 3.26. The first-order chi connectivity index (χ1) is 6.58. The first-order valence-corrected chi connectivity index (χ1v) is 5.32. The molecule has 0 aliphatic carbocycles. The molecule has 80 valence electrons. The lowest BCUT2D eigenvalue weighted by Crippen LogP contribution is -2.32. The molecule has 0 radical (unpaired) electrons. The van der Waals surface area contributed by atoms with Crippen molar-refractivity contribution < 1.29 is 0 Å². The lowest BCUT2D eigenvalue weighted by Gasteiger charge is -2.24. The van der Waals surface area contributed by atoms with Gasteiger partial charge in [0.15, 0.2) is 0 Å². The van der Waals surface area contributed by atoms with Gasteiger partial charge in [-0.25, -0.2) is 0 Å². The summed E-state index contributed by atoms with van der Waals surface area (Å²) in [6, 6.07) is 10.4. The first kappa shape index (κ1) is 13.2. The molecule has 0 atom stereocenters. The molecule has 1 nitrogen and oxygen atoms in total. The molecule has 0 bridgehead atoms. The quantitative estimate of drug-likeness (QED) is 0.757. The monoisotopic (exact) mass is 193 g/mol. The van der Waals surface area contributed by atoms with E-state index in [1.165, 1.54) is 12.0 Å². The van der Waals surface area contributed by atoms with Crippen LogP contribution < -0.4 is 5.32 Å². The van der Waals surface area contributed by atoms with Crippen molar-refractivity contribution in [3.05, 3.63) is 35.9 Å². The summed E-state index contributed by atoms with van der Waals surface area (Å²) in [5.74, 6) is 0. The average Bonchev–Trinajstić information content (AvgIpc) is 2.20. The Morgan fingerprint density at radius 2 is 1.50 bits per heavy atom. The second-order valence-electron chi connectivity index (χ2n) is 3.95. The molecule has 0 heterocycles. The molecule has 1 aromatic rings. The highest BCUT2D eigenvalue weighted by Gasteiger charge is 2.15. The average molecular weight is 193 g/mol. The van der Waals surface area contributed by atoms with Crippen LogP contribution in [0.25, 0.3) is 0 Å². The molecular formula is C13H23N. The topological polar surface area (TPSA) is 12.0 Å². The molecule has 1 heteroatoms. The van der Waals surface area contributed by atoms with Crippen molar-refractivity contribution >= 4 is 0 Å². The summed E-state index contributed by atoms with van der Waals surface area (Å²) in [4.78, 5) is 0. The number of rotatable bonds is 2. The van der Waals surface area contributed by atoms with Crippen LogP contribution in [0.3, 0.4) is 0 Å². The van der Waals surface area contributed by atoms with Gasteiger partial charge in [-0.1, -0.05) is 50.6 Å². The van der Waals surface area contributed by atoms with Gasteiger partial charge in [0.05, 0.1) is 0 Å². The van der Waals surface area contributed by atoms with Gasteiger partial charge in [-0.2, -0.15) is 0 Å². The number of hydrogen-bond acceptors (Lipinski definition) is 1. The van der Waals surface area contributed by atoms with E-state index < -0.39 is 0 Å². The molecule has 0 fully saturated rings. The minimum atomic E-state index is 0.0846. The molecule has 0 aliphatic heterocycles. The lowest BCUT2D eigenvalue weighted by molar-refractivity contribution is 0.445. The molecule has 1 rings (SSSR count). The molecule has 1 aromatic carbocycles. The molecule has 0 unspecified atom stereocenters. The Balaban J connectivity index is 0.000000500. The predicted molar refractivity (Wildman–Crippen MR) is 64.5 cm³/mol. The Morgan fingerprint density at radius 1 is 1.07 bits per heavy atom. The second kappa shape index (κ2) is 6.61. The molecule has 14 heavy (non-hydrogen) atoms. The second-order valence-corrected chi connectivity index (χ2v) is 3.95. The highest BCUT2D eigenvalue weighted by Crippen LogP contribution is 2.17. The Hall–Kier alpha value is -0.820. The number of benzene rings is 1. The fourth-order valence-electron chi connectivity index (χ4n) is 0.999. The van der Waals surface area contributed by atoms with Crippen LogP contribution in [0, 0.1) is 0 Å². The van der Waals surface area contributed by atoms with Gasteiger partial charge in [0.25, 0.3) is 0 Å². The van der Waals surface area contributed by atoms with Crippen molar-refractivity contribution in [3.8, 4) is 0 Å². The van der Waals surface area contributed by atoms with Crippen LogP contribution in [0.4, 0.5) is 0 Å². The third-order valence-electron chi connectivity index (χ3n) is 2.12. The smallest absolute Gasteiger partial charge is 0.0374 e. The fourth-order valence-corrected chi connectivity index (χ4v) is 0.999. The summed E-state index contributed by atoms with van der Waals surface area (Å²) in [7, 11) is 1.98. The molecule has 0 saturated heterocycles. The van der Waals surface area contributed by atoms with Gasteiger partial charge < -0.3 is 5.32 Å². The zero-order valence-electron chi connectivity index (χ0n) is 10.1. The van der Waals surface area contributed by atoms with Gasteiger partial charge in [0.1, 0.15) is 0 Å². The van der Waals surface area contributed by atoms with Crippen LogP contribution in [-0.4, -0.2) is 7.05 Å². The SMILES string of the molecule is CCC.CNC(C)(C)c1ccccc1. The van der Waals surface area contributed by atoms with Gasteiger partial charge in [-0.05, 0) is 26.5 Å². The van der Waals surface area contributed by atoms with Gasteiger partial charge in [-0.3, -0.25) is 0 Å². The van der Waals surface area contributed by atoms with Crippen molar-refractivity contribution in [1.82, 2.24) is 5.32 Å². The Bertz CT molecular complexity index is 226. The van der Waals surface area contributed by atoms with E-state index in [1.54, 1.807) is 0 Å². The standard InChI is InChI=1S/C10H15N.C3H8/c1-10(2,11-3)9-7-5-4-6-8-9;1-3-2/h4-8,11H,1-3H3;3H2,1-2H3. The summed E-state index contributed by atoms with van der Waals surface area (Å²) < 4.78 is 0. The Kier molecular flexibility index (Phi) is 6.22. The van der Waals surface area contributed by atoms with E-state index in [1.807, 2.05) is 13.1 Å². The highest BCUT2D eigenvalue weighted by molar-refractivity contribution is 5.22. The van der Waals surface area contributed by atoms with E-state index in [2.05, 4.69) is 57.3 Å². The van der Waals surface area contributed by atoms with Crippen molar-refractivity contribution in [2.24, 2.45) is 0 Å². The van der Waals surface area contributed by atoms with E-state index in [0.29, 0.717) is 0 Å². The van der Waals surface area contributed by atoms with Crippen LogP contribution in [-0.2, 0) is 5.54 Å². The van der Waals surface area contributed by atoms with E-state index in [-0.39, 0.29) is 5.54 Å². The van der Waals surface area contributed by atoms with E-state index >= 15 is 0 Å². The number of hydrogen-bond donors (Lipinski definition) is 1. The van der Waals surface area contributed by atoms with Crippen LogP contribution in [0.5, 0.6) is 0 Å². The van der Waals surface area contributed by atoms with Crippen molar-refractivity contribution in [1.29, 1.82) is 0 Å². The maximum absolute atomic E-state index is 3.26. The lowest BCUT2D eigenvalue weighted by atomic mass is 9.95. The minimum Gasteiger partial charge on any atom is -0.311 e. The summed E-state index contributed by atoms with van der Waals surface area (Å²) >= 11 is 0. The highest BCUT2D eigenvalue weighted by atomic mass is 14.9. The maximum Gasteiger partial charge on any atom is 0.0374 e. The summed E-state index contributed by atoms with van der Waals surface area (Å²) in [6.45, 7) is 8.59. The van der Waals surface area contributed by atoms with Gasteiger partial charge in [0.2, 0.25) is 0 Å². The summed E-state index contributed by atoms with van der Waals surface area (Å²) in [5.41, 5.74) is 1.41. The zero-order valence-corrected chi connectivity index (χ0v) is 10.1. The summed E-state index contributed by atoms with van der Waals surface area (Å²) in [5, 5.41) is 3.26. The zero-order chi connectivity index (χ0) is 11.0. The van der Waals surface area contributed by atoms with Crippen molar-refractivity contribution in [2.75, 3.05) is 7.05 Å². The van der Waals surface area contributed by atoms with Gasteiger partial charge in [-0.15, -0.1) is 0 Å². The van der Waals surface area contributed by atoms with E-state index in [0.717, 1.165) is 0 Å². The van der Waals surface area contributed by atoms with Crippen LogP contribution in [0.15, 0.2) is 30.3 Å². The van der Waals surface area contributed by atoms with Crippen molar-refractivity contribution in [2.45, 2.75) is 39.7 Å². The van der Waals surface area contributed by atoms with E-state index in [4.69, 9.17) is 0 Å². The molecule has 0 saturated carbocycles. The van der Waals surface area contributed by atoms with E-state index in [9.17, 15) is 0 Å². The van der Waals surface area contributed by atoms with Gasteiger partial charge in [0, 0.05) is 5.54 Å². The molecule has 1 N–H and O–H groups in total. The minimum absolute atomic E-state index is 0.0846. The number of nitrogens with one attached hydrogen (secondary N) is 1. The molecule has 0 aliphatic rings. The third-order valence-corrected chi connectivity index (χ3v) is 2.12. The largest absolute Gasteiger partial charge is 0.311 e. The van der Waals surface area contributed by atoms with Crippen LogP contribution in [0.1, 0.15) is 39.7 Å². The van der Waals surface area contributed by atoms with Gasteiger partial charge >= 0.3 is 0 Å². The molecular weight excluding hydrogens is 170 g/mol. The van der Waals surface area contributed by atoms with Crippen LogP contribution >= 0.6 is 0 Å². The molecule has 0 spiro atoms. The Labute approximate surface area is 88.5 Å². The third kappa shape index (κ3) is 4.43. The molecule has 0 amide bonds.